The van der Waals surface area contributed by atoms with Gasteiger partial charge in [-0.25, -0.2) is 0 Å². The fourth-order valence-electron chi connectivity index (χ4n) is 1.68. The van der Waals surface area contributed by atoms with Gasteiger partial charge in [-0.05, 0) is 30.3 Å². The first kappa shape index (κ1) is 14.5. The van der Waals surface area contributed by atoms with Gasteiger partial charge in [0.2, 0.25) is 5.88 Å². The van der Waals surface area contributed by atoms with Gasteiger partial charge in [-0.2, -0.15) is 13.2 Å². The van der Waals surface area contributed by atoms with E-state index in [4.69, 9.17) is 16.3 Å². The molecule has 106 valence electrons. The van der Waals surface area contributed by atoms with Gasteiger partial charge in [0.25, 0.3) is 0 Å². The molecule has 0 saturated carbocycles. The average molecular weight is 304 g/mol. The second-order valence-corrected chi connectivity index (χ2v) is 4.41. The first-order chi connectivity index (χ1) is 9.29. The van der Waals surface area contributed by atoms with Crippen molar-refractivity contribution in [2.75, 3.05) is 0 Å². The normalized spacial score (nSPS) is 11.4. The quantitative estimate of drug-likeness (QED) is 0.783. The number of aromatic nitrogens is 1. The molecule has 1 aromatic heterocycles. The van der Waals surface area contributed by atoms with Crippen LogP contribution in [0.2, 0.25) is 5.02 Å². The van der Waals surface area contributed by atoms with Crippen molar-refractivity contribution in [3.63, 3.8) is 0 Å². The standard InChI is InChI=1S/C13H9ClF3NO2/c1-8(19)20-12-11(13(15,16)17)6-7-18(12)10-4-2-9(14)3-5-10/h2-7H,1H3. The van der Waals surface area contributed by atoms with Gasteiger partial charge in [0.05, 0.1) is 0 Å². The molecule has 0 spiro atoms. The van der Waals surface area contributed by atoms with Gasteiger partial charge in [-0.15, -0.1) is 0 Å². The van der Waals surface area contributed by atoms with Crippen molar-refractivity contribution >= 4 is 17.6 Å². The highest BCUT2D eigenvalue weighted by atomic mass is 35.5. The van der Waals surface area contributed by atoms with Crippen LogP contribution < -0.4 is 4.74 Å². The molecule has 7 heteroatoms. The number of alkyl halides is 3. The molecule has 2 rings (SSSR count). The molecule has 0 fully saturated rings. The zero-order chi connectivity index (χ0) is 14.9. The summed E-state index contributed by atoms with van der Waals surface area (Å²) in [6.07, 6.45) is -3.42. The summed E-state index contributed by atoms with van der Waals surface area (Å²) >= 11 is 5.73. The van der Waals surface area contributed by atoms with Crippen LogP contribution >= 0.6 is 11.6 Å². The van der Waals surface area contributed by atoms with Crippen LogP contribution in [-0.4, -0.2) is 10.5 Å². The number of nitrogens with zero attached hydrogens (tertiary/aromatic N) is 1. The van der Waals surface area contributed by atoms with Crippen LogP contribution in [0.15, 0.2) is 36.5 Å². The number of rotatable bonds is 2. The molecule has 3 nitrogen and oxygen atoms in total. The molecule has 0 aliphatic rings. The fourth-order valence-corrected chi connectivity index (χ4v) is 1.80. The lowest BCUT2D eigenvalue weighted by Crippen LogP contribution is -2.12. The summed E-state index contributed by atoms with van der Waals surface area (Å²) in [5.74, 6) is -1.39. The number of benzene rings is 1. The third-order valence-electron chi connectivity index (χ3n) is 2.49. The molecule has 2 aromatic rings. The SMILES string of the molecule is CC(=O)Oc1c(C(F)(F)F)ccn1-c1ccc(Cl)cc1. The molecule has 0 aliphatic carbocycles. The summed E-state index contributed by atoms with van der Waals surface area (Å²) < 4.78 is 44.4. The lowest BCUT2D eigenvalue weighted by Gasteiger charge is -2.12. The third-order valence-corrected chi connectivity index (χ3v) is 2.74. The molecule has 0 amide bonds. The highest BCUT2D eigenvalue weighted by Crippen LogP contribution is 2.38. The molecule has 1 aromatic carbocycles. The lowest BCUT2D eigenvalue weighted by atomic mass is 10.3. The maximum atomic E-state index is 12.9. The Bertz CT molecular complexity index is 632. The van der Waals surface area contributed by atoms with Crippen LogP contribution in [0.5, 0.6) is 5.88 Å². The van der Waals surface area contributed by atoms with Crippen LogP contribution in [0.3, 0.4) is 0 Å². The largest absolute Gasteiger partial charge is 0.421 e. The Morgan fingerprint density at radius 3 is 2.30 bits per heavy atom. The molecule has 0 atom stereocenters. The van der Waals surface area contributed by atoms with Crippen molar-refractivity contribution in [1.82, 2.24) is 4.57 Å². The molecule has 1 heterocycles. The Hall–Kier alpha value is -1.95. The van der Waals surface area contributed by atoms with Crippen molar-refractivity contribution < 1.29 is 22.7 Å². The van der Waals surface area contributed by atoms with Crippen molar-refractivity contribution in [1.29, 1.82) is 0 Å². The Kier molecular flexibility index (Phi) is 3.76. The second-order valence-electron chi connectivity index (χ2n) is 3.97. The Balaban J connectivity index is 2.56. The van der Waals surface area contributed by atoms with E-state index in [1.165, 1.54) is 30.5 Å². The summed E-state index contributed by atoms with van der Waals surface area (Å²) in [5, 5.41) is 0.450. The van der Waals surface area contributed by atoms with Gasteiger partial charge in [-0.1, -0.05) is 11.6 Å². The topological polar surface area (TPSA) is 31.2 Å². The number of hydrogen-bond acceptors (Lipinski definition) is 2. The minimum absolute atomic E-state index is 0.404. The average Bonchev–Trinajstić information content (AvgIpc) is 2.72. The molecule has 0 aliphatic heterocycles. The van der Waals surface area contributed by atoms with E-state index in [9.17, 15) is 18.0 Å². The van der Waals surface area contributed by atoms with E-state index in [0.717, 1.165) is 17.6 Å². The monoisotopic (exact) mass is 303 g/mol. The Labute approximate surface area is 117 Å². The molecular weight excluding hydrogens is 295 g/mol. The third kappa shape index (κ3) is 2.96. The highest BCUT2D eigenvalue weighted by molar-refractivity contribution is 6.30. The van der Waals surface area contributed by atoms with Crippen LogP contribution in [0.1, 0.15) is 12.5 Å². The van der Waals surface area contributed by atoms with Gasteiger partial charge >= 0.3 is 12.1 Å². The van der Waals surface area contributed by atoms with Crippen LogP contribution in [0, 0.1) is 0 Å². The molecule has 0 saturated heterocycles. The molecule has 20 heavy (non-hydrogen) atoms. The van der Waals surface area contributed by atoms with Crippen molar-refractivity contribution in [3.8, 4) is 11.6 Å². The molecule has 0 unspecified atom stereocenters. The van der Waals surface area contributed by atoms with Crippen LogP contribution in [0.25, 0.3) is 5.69 Å². The van der Waals surface area contributed by atoms with E-state index in [0.29, 0.717) is 10.7 Å². The summed E-state index contributed by atoms with van der Waals surface area (Å²) in [4.78, 5) is 11.0. The van der Waals surface area contributed by atoms with Crippen LogP contribution in [-0.2, 0) is 11.0 Å². The Morgan fingerprint density at radius 2 is 1.80 bits per heavy atom. The van der Waals surface area contributed by atoms with Gasteiger partial charge < -0.3 is 4.74 Å². The highest BCUT2D eigenvalue weighted by Gasteiger charge is 2.37. The zero-order valence-corrected chi connectivity index (χ0v) is 11.0. The fraction of sp³-hybridized carbons (Fsp3) is 0.154. The van der Waals surface area contributed by atoms with E-state index in [-0.39, 0.29) is 0 Å². The predicted octanol–water partition coefficient (Wildman–Crippen LogP) is 4.07. The van der Waals surface area contributed by atoms with Gasteiger partial charge in [0, 0.05) is 23.8 Å². The molecular formula is C13H9ClF3NO2. The smallest absolute Gasteiger partial charge is 0.408 e. The zero-order valence-electron chi connectivity index (χ0n) is 10.2. The van der Waals surface area contributed by atoms with E-state index >= 15 is 0 Å². The van der Waals surface area contributed by atoms with Crippen molar-refractivity contribution in [3.05, 3.63) is 47.1 Å². The van der Waals surface area contributed by atoms with Gasteiger partial charge in [0.15, 0.2) is 0 Å². The maximum absolute atomic E-state index is 12.9. The first-order valence-electron chi connectivity index (χ1n) is 5.52. The van der Waals surface area contributed by atoms with E-state index in [1.807, 2.05) is 0 Å². The molecule has 0 bridgehead atoms. The molecule has 0 N–H and O–H groups in total. The summed E-state index contributed by atoms with van der Waals surface area (Å²) in [6.45, 7) is 1.04. The number of halogens is 4. The maximum Gasteiger partial charge on any atom is 0.421 e. The van der Waals surface area contributed by atoms with Crippen molar-refractivity contribution in [2.24, 2.45) is 0 Å². The van der Waals surface area contributed by atoms with Gasteiger partial charge in [-0.3, -0.25) is 9.36 Å². The summed E-state index contributed by atoms with van der Waals surface area (Å²) in [5.41, 5.74) is -0.608. The number of ether oxygens (including phenoxy) is 1. The van der Waals surface area contributed by atoms with Crippen LogP contribution in [0.4, 0.5) is 13.2 Å². The minimum atomic E-state index is -4.61. The number of carbonyl (C=O) groups is 1. The number of esters is 1. The number of hydrogen-bond donors (Lipinski definition) is 0. The molecule has 0 radical (unpaired) electrons. The van der Waals surface area contributed by atoms with Gasteiger partial charge in [0.1, 0.15) is 5.56 Å². The van der Waals surface area contributed by atoms with E-state index < -0.39 is 23.6 Å². The Morgan fingerprint density at radius 1 is 1.20 bits per heavy atom. The predicted molar refractivity (Wildman–Crippen MR) is 67.1 cm³/mol. The minimum Gasteiger partial charge on any atom is -0.408 e. The summed E-state index contributed by atoms with van der Waals surface area (Å²) in [6, 6.07) is 6.96. The van der Waals surface area contributed by atoms with Crippen molar-refractivity contribution in [2.45, 2.75) is 13.1 Å². The lowest BCUT2D eigenvalue weighted by molar-refractivity contribution is -0.141. The number of carbonyl (C=O) groups excluding carboxylic acids is 1. The van der Waals surface area contributed by atoms with E-state index in [1.54, 1.807) is 0 Å². The first-order valence-corrected chi connectivity index (χ1v) is 5.90. The second kappa shape index (κ2) is 5.20. The van der Waals surface area contributed by atoms with E-state index in [2.05, 4.69) is 0 Å². The summed E-state index contributed by atoms with van der Waals surface area (Å²) in [7, 11) is 0.